The average Bonchev–Trinajstić information content (AvgIpc) is 2.94. The molecule has 0 fully saturated rings. The van der Waals surface area contributed by atoms with Gasteiger partial charge in [0.2, 0.25) is 5.91 Å². The second-order valence-electron chi connectivity index (χ2n) is 6.47. The van der Waals surface area contributed by atoms with Crippen LogP contribution in [0.15, 0.2) is 47.2 Å². The Hall–Kier alpha value is -3.08. The molecule has 0 atom stereocenters. The van der Waals surface area contributed by atoms with Gasteiger partial charge >= 0.3 is 0 Å². The summed E-state index contributed by atoms with van der Waals surface area (Å²) in [7, 11) is 0. The number of benzene rings is 1. The van der Waals surface area contributed by atoms with Gasteiger partial charge < -0.3 is 14.5 Å². The lowest BCUT2D eigenvalue weighted by atomic mass is 10.0. The SMILES string of the molecule is CCOc1cc2oc(C)c(C)c2cc1/C(C)=C/C(=O)NCc1cccnc1. The van der Waals surface area contributed by atoms with Crippen molar-refractivity contribution in [3.63, 3.8) is 0 Å². The van der Waals surface area contributed by atoms with Crippen molar-refractivity contribution in [3.8, 4) is 5.75 Å². The molecule has 0 aliphatic carbocycles. The Morgan fingerprint density at radius 1 is 1.33 bits per heavy atom. The summed E-state index contributed by atoms with van der Waals surface area (Å²) in [4.78, 5) is 16.4. The fourth-order valence-corrected chi connectivity index (χ4v) is 2.97. The second kappa shape index (κ2) is 8.08. The van der Waals surface area contributed by atoms with E-state index in [4.69, 9.17) is 9.15 Å². The number of carbonyl (C=O) groups excluding carboxylic acids is 1. The van der Waals surface area contributed by atoms with Crippen LogP contribution in [0.2, 0.25) is 0 Å². The standard InChI is InChI=1S/C22H24N2O3/c1-5-26-20-11-21-19(15(3)16(4)27-21)10-18(20)14(2)9-22(25)24-13-17-7-6-8-23-12-17/h6-12H,5,13H2,1-4H3,(H,24,25)/b14-9+. The molecule has 1 aromatic carbocycles. The number of amides is 1. The number of ether oxygens (including phenoxy) is 1. The van der Waals surface area contributed by atoms with Crippen LogP contribution >= 0.6 is 0 Å². The maximum Gasteiger partial charge on any atom is 0.244 e. The van der Waals surface area contributed by atoms with E-state index in [0.717, 1.165) is 39.0 Å². The lowest BCUT2D eigenvalue weighted by molar-refractivity contribution is -0.116. The lowest BCUT2D eigenvalue weighted by Crippen LogP contribution is -2.20. The Morgan fingerprint density at radius 2 is 2.15 bits per heavy atom. The normalized spacial score (nSPS) is 11.6. The van der Waals surface area contributed by atoms with Gasteiger partial charge in [0.25, 0.3) is 0 Å². The molecule has 27 heavy (non-hydrogen) atoms. The Balaban J connectivity index is 1.87. The number of hydrogen-bond acceptors (Lipinski definition) is 4. The van der Waals surface area contributed by atoms with Crippen LogP contribution in [0.4, 0.5) is 0 Å². The Bertz CT molecular complexity index is 988. The highest BCUT2D eigenvalue weighted by atomic mass is 16.5. The molecule has 3 rings (SSSR count). The first kappa shape index (κ1) is 18.7. The van der Waals surface area contributed by atoms with Gasteiger partial charge in [-0.15, -0.1) is 0 Å². The summed E-state index contributed by atoms with van der Waals surface area (Å²) >= 11 is 0. The van der Waals surface area contributed by atoms with Gasteiger partial charge in [-0.1, -0.05) is 6.07 Å². The molecule has 0 saturated heterocycles. The van der Waals surface area contributed by atoms with E-state index in [1.807, 2.05) is 52.0 Å². The molecule has 0 aliphatic heterocycles. The molecule has 0 bridgehead atoms. The number of hydrogen-bond donors (Lipinski definition) is 1. The van der Waals surface area contributed by atoms with Gasteiger partial charge in [-0.05, 0) is 56.5 Å². The summed E-state index contributed by atoms with van der Waals surface area (Å²) in [6, 6.07) is 7.71. The first-order valence-electron chi connectivity index (χ1n) is 9.01. The number of fused-ring (bicyclic) bond motifs is 1. The number of furan rings is 1. The third-order valence-electron chi connectivity index (χ3n) is 4.54. The minimum Gasteiger partial charge on any atom is -0.493 e. The van der Waals surface area contributed by atoms with E-state index in [-0.39, 0.29) is 5.91 Å². The summed E-state index contributed by atoms with van der Waals surface area (Å²) in [5.74, 6) is 1.45. The zero-order chi connectivity index (χ0) is 19.4. The lowest BCUT2D eigenvalue weighted by Gasteiger charge is -2.11. The topological polar surface area (TPSA) is 64.4 Å². The predicted molar refractivity (Wildman–Crippen MR) is 107 cm³/mol. The van der Waals surface area contributed by atoms with Crippen LogP contribution < -0.4 is 10.1 Å². The van der Waals surface area contributed by atoms with Crippen molar-refractivity contribution in [1.82, 2.24) is 10.3 Å². The smallest absolute Gasteiger partial charge is 0.244 e. The zero-order valence-corrected chi connectivity index (χ0v) is 16.1. The summed E-state index contributed by atoms with van der Waals surface area (Å²) in [6.07, 6.45) is 5.05. The highest BCUT2D eigenvalue weighted by molar-refractivity contribution is 5.97. The summed E-state index contributed by atoms with van der Waals surface area (Å²) < 4.78 is 11.6. The molecule has 2 heterocycles. The molecule has 0 unspecified atom stereocenters. The molecule has 2 aromatic heterocycles. The average molecular weight is 364 g/mol. The number of pyridine rings is 1. The first-order chi connectivity index (χ1) is 13.0. The first-order valence-corrected chi connectivity index (χ1v) is 9.01. The van der Waals surface area contributed by atoms with Gasteiger partial charge in [-0.25, -0.2) is 0 Å². The number of carbonyl (C=O) groups is 1. The van der Waals surface area contributed by atoms with Gasteiger partial charge in [-0.2, -0.15) is 0 Å². The Kier molecular flexibility index (Phi) is 5.60. The van der Waals surface area contributed by atoms with Crippen LogP contribution in [-0.2, 0) is 11.3 Å². The minimum absolute atomic E-state index is 0.154. The molecule has 0 spiro atoms. The van der Waals surface area contributed by atoms with Crippen molar-refractivity contribution in [1.29, 1.82) is 0 Å². The number of nitrogens with one attached hydrogen (secondary N) is 1. The molecule has 1 N–H and O–H groups in total. The Labute approximate surface area is 159 Å². The molecule has 0 radical (unpaired) electrons. The zero-order valence-electron chi connectivity index (χ0n) is 16.1. The summed E-state index contributed by atoms with van der Waals surface area (Å²) in [5, 5.41) is 3.93. The van der Waals surface area contributed by atoms with Crippen LogP contribution in [0.25, 0.3) is 16.5 Å². The fraction of sp³-hybridized carbons (Fsp3) is 0.273. The summed E-state index contributed by atoms with van der Waals surface area (Å²) in [6.45, 7) is 8.81. The van der Waals surface area contributed by atoms with Crippen molar-refractivity contribution in [3.05, 3.63) is 65.2 Å². The Morgan fingerprint density at radius 3 is 2.85 bits per heavy atom. The fourth-order valence-electron chi connectivity index (χ4n) is 2.97. The number of allylic oxidation sites excluding steroid dienone is 1. The van der Waals surface area contributed by atoms with Gasteiger partial charge in [-0.3, -0.25) is 9.78 Å². The molecule has 0 aliphatic rings. The van der Waals surface area contributed by atoms with Gasteiger partial charge in [0, 0.05) is 42.0 Å². The molecule has 1 amide bonds. The van der Waals surface area contributed by atoms with Crippen LogP contribution in [0.5, 0.6) is 5.75 Å². The van der Waals surface area contributed by atoms with Crippen LogP contribution in [0.1, 0.15) is 36.3 Å². The highest BCUT2D eigenvalue weighted by Crippen LogP contribution is 2.34. The van der Waals surface area contributed by atoms with E-state index >= 15 is 0 Å². The van der Waals surface area contributed by atoms with E-state index in [0.29, 0.717) is 18.9 Å². The van der Waals surface area contributed by atoms with Gasteiger partial charge in [0.1, 0.15) is 17.1 Å². The quantitative estimate of drug-likeness (QED) is 0.651. The molecule has 5 nitrogen and oxygen atoms in total. The van der Waals surface area contributed by atoms with E-state index < -0.39 is 0 Å². The number of nitrogens with zero attached hydrogens (tertiary/aromatic N) is 1. The van der Waals surface area contributed by atoms with E-state index in [1.54, 1.807) is 18.5 Å². The number of aromatic nitrogens is 1. The molecule has 5 heteroatoms. The van der Waals surface area contributed by atoms with Crippen LogP contribution in [0, 0.1) is 13.8 Å². The monoisotopic (exact) mass is 364 g/mol. The largest absolute Gasteiger partial charge is 0.493 e. The molecule has 3 aromatic rings. The minimum atomic E-state index is -0.154. The molecule has 0 saturated carbocycles. The van der Waals surface area contributed by atoms with Crippen molar-refractivity contribution in [2.24, 2.45) is 0 Å². The number of aryl methyl sites for hydroxylation is 2. The molecular formula is C22H24N2O3. The van der Waals surface area contributed by atoms with Crippen LogP contribution in [0.3, 0.4) is 0 Å². The molecule has 140 valence electrons. The van der Waals surface area contributed by atoms with Crippen molar-refractivity contribution in [2.75, 3.05) is 6.61 Å². The third kappa shape index (κ3) is 4.19. The van der Waals surface area contributed by atoms with Gasteiger partial charge in [0.15, 0.2) is 0 Å². The van der Waals surface area contributed by atoms with Crippen molar-refractivity contribution in [2.45, 2.75) is 34.2 Å². The predicted octanol–water partition coefficient (Wildman–Crippen LogP) is 4.56. The van der Waals surface area contributed by atoms with Crippen molar-refractivity contribution < 1.29 is 13.9 Å². The summed E-state index contributed by atoms with van der Waals surface area (Å²) in [5.41, 5.74) is 4.58. The highest BCUT2D eigenvalue weighted by Gasteiger charge is 2.14. The van der Waals surface area contributed by atoms with Crippen molar-refractivity contribution >= 4 is 22.4 Å². The third-order valence-corrected chi connectivity index (χ3v) is 4.54. The second-order valence-corrected chi connectivity index (χ2v) is 6.47. The maximum atomic E-state index is 12.3. The van der Waals surface area contributed by atoms with Gasteiger partial charge in [0.05, 0.1) is 6.61 Å². The van der Waals surface area contributed by atoms with E-state index in [9.17, 15) is 4.79 Å². The number of rotatable bonds is 6. The maximum absolute atomic E-state index is 12.3. The van der Waals surface area contributed by atoms with E-state index in [1.165, 1.54) is 0 Å². The van der Waals surface area contributed by atoms with E-state index in [2.05, 4.69) is 10.3 Å². The molecular weight excluding hydrogens is 340 g/mol. The van der Waals surface area contributed by atoms with Crippen LogP contribution in [-0.4, -0.2) is 17.5 Å².